The lowest BCUT2D eigenvalue weighted by Gasteiger charge is -2.39. The first kappa shape index (κ1) is 15.5. The molecule has 1 N–H and O–H groups in total. The second kappa shape index (κ2) is 5.66. The van der Waals surface area contributed by atoms with Gasteiger partial charge in [0.15, 0.2) is 5.89 Å². The van der Waals surface area contributed by atoms with Crippen LogP contribution in [0.3, 0.4) is 0 Å². The fourth-order valence-corrected chi connectivity index (χ4v) is 3.14. The van der Waals surface area contributed by atoms with E-state index < -0.39 is 5.60 Å². The molecule has 0 bridgehead atoms. The van der Waals surface area contributed by atoms with E-state index >= 15 is 0 Å². The fourth-order valence-electron chi connectivity index (χ4n) is 3.14. The minimum atomic E-state index is -1.21. The molecule has 0 aliphatic carbocycles. The van der Waals surface area contributed by atoms with Crippen LogP contribution in [0.25, 0.3) is 0 Å². The van der Waals surface area contributed by atoms with Crippen molar-refractivity contribution in [1.29, 1.82) is 0 Å². The molecule has 122 valence electrons. The Bertz CT molecular complexity index is 559. The lowest BCUT2D eigenvalue weighted by atomic mass is 9.89. The van der Waals surface area contributed by atoms with Gasteiger partial charge in [-0.15, -0.1) is 0 Å². The summed E-state index contributed by atoms with van der Waals surface area (Å²) in [6.07, 6.45) is 1.68. The third kappa shape index (κ3) is 2.77. The van der Waals surface area contributed by atoms with E-state index in [4.69, 9.17) is 4.42 Å². The third-order valence-electron chi connectivity index (χ3n) is 4.74. The van der Waals surface area contributed by atoms with Gasteiger partial charge in [-0.2, -0.15) is 0 Å². The van der Waals surface area contributed by atoms with E-state index in [-0.39, 0.29) is 11.8 Å². The number of aromatic nitrogens is 1. The monoisotopic (exact) mass is 307 g/mol. The third-order valence-corrected chi connectivity index (χ3v) is 4.74. The van der Waals surface area contributed by atoms with Gasteiger partial charge in [0.05, 0.1) is 6.54 Å². The molecule has 0 saturated carbocycles. The quantitative estimate of drug-likeness (QED) is 0.887. The van der Waals surface area contributed by atoms with Crippen molar-refractivity contribution in [3.8, 4) is 0 Å². The fraction of sp³-hybridized carbons (Fsp3) is 0.750. The van der Waals surface area contributed by atoms with Crippen LogP contribution in [0.2, 0.25) is 0 Å². The number of aliphatic hydroxyl groups is 1. The Labute approximate surface area is 131 Å². The smallest absolute Gasteiger partial charge is 0.255 e. The Morgan fingerprint density at radius 2 is 2.00 bits per heavy atom. The van der Waals surface area contributed by atoms with Crippen LogP contribution in [0.1, 0.15) is 50.0 Å². The van der Waals surface area contributed by atoms with Crippen molar-refractivity contribution in [3.05, 3.63) is 17.3 Å². The highest BCUT2D eigenvalue weighted by molar-refractivity contribution is 5.85. The van der Waals surface area contributed by atoms with Crippen LogP contribution in [-0.4, -0.2) is 58.1 Å². The number of hydrogen-bond acceptors (Lipinski definition) is 5. The SMILES string of the molecule is CC(C)c1nc2c(o1)CCN(C(=O)C1(O)CCN(C)CC1)C2. The van der Waals surface area contributed by atoms with E-state index in [1.807, 2.05) is 20.9 Å². The second-order valence-corrected chi connectivity index (χ2v) is 6.89. The highest BCUT2D eigenvalue weighted by atomic mass is 16.4. The first-order valence-electron chi connectivity index (χ1n) is 8.08. The summed E-state index contributed by atoms with van der Waals surface area (Å²) in [7, 11) is 2.01. The number of oxazole rings is 1. The molecule has 22 heavy (non-hydrogen) atoms. The summed E-state index contributed by atoms with van der Waals surface area (Å²) in [5.74, 6) is 1.72. The molecule has 2 aliphatic heterocycles. The number of carbonyl (C=O) groups is 1. The molecule has 2 aliphatic rings. The van der Waals surface area contributed by atoms with Gasteiger partial charge < -0.3 is 19.3 Å². The van der Waals surface area contributed by atoms with E-state index in [1.54, 1.807) is 4.90 Å². The van der Waals surface area contributed by atoms with Crippen molar-refractivity contribution in [3.63, 3.8) is 0 Å². The van der Waals surface area contributed by atoms with E-state index in [0.29, 0.717) is 32.4 Å². The summed E-state index contributed by atoms with van der Waals surface area (Å²) in [5.41, 5.74) is -0.367. The van der Waals surface area contributed by atoms with E-state index in [9.17, 15) is 9.90 Å². The maximum atomic E-state index is 12.7. The van der Waals surface area contributed by atoms with Crippen LogP contribution in [0.15, 0.2) is 4.42 Å². The molecule has 1 fully saturated rings. The molecule has 1 amide bonds. The predicted molar refractivity (Wildman–Crippen MR) is 81.4 cm³/mol. The Morgan fingerprint density at radius 3 is 2.64 bits per heavy atom. The number of piperidine rings is 1. The molecule has 0 spiro atoms. The van der Waals surface area contributed by atoms with Crippen LogP contribution in [0.5, 0.6) is 0 Å². The first-order chi connectivity index (χ1) is 10.4. The number of carbonyl (C=O) groups excluding carboxylic acids is 1. The zero-order valence-corrected chi connectivity index (χ0v) is 13.6. The van der Waals surface area contributed by atoms with Gasteiger partial charge in [-0.3, -0.25) is 4.79 Å². The lowest BCUT2D eigenvalue weighted by molar-refractivity contribution is -0.157. The average molecular weight is 307 g/mol. The number of hydrogen-bond donors (Lipinski definition) is 1. The minimum Gasteiger partial charge on any atom is -0.445 e. The molecular formula is C16H25N3O3. The topological polar surface area (TPSA) is 69.8 Å². The van der Waals surface area contributed by atoms with Crippen molar-refractivity contribution in [1.82, 2.24) is 14.8 Å². The van der Waals surface area contributed by atoms with Crippen LogP contribution in [0, 0.1) is 0 Å². The van der Waals surface area contributed by atoms with E-state index in [1.165, 1.54) is 0 Å². The Morgan fingerprint density at radius 1 is 1.32 bits per heavy atom. The van der Waals surface area contributed by atoms with Gasteiger partial charge in [-0.1, -0.05) is 13.8 Å². The highest BCUT2D eigenvalue weighted by Gasteiger charge is 2.42. The predicted octanol–water partition coefficient (Wildman–Crippen LogP) is 1.14. The van der Waals surface area contributed by atoms with Gasteiger partial charge in [-0.05, 0) is 19.9 Å². The van der Waals surface area contributed by atoms with E-state index in [0.717, 1.165) is 30.4 Å². The van der Waals surface area contributed by atoms with Crippen molar-refractivity contribution < 1.29 is 14.3 Å². The standard InChI is InChI=1S/C16H25N3O3/c1-11(2)14-17-12-10-19(7-4-13(12)22-14)15(20)16(21)5-8-18(3)9-6-16/h11,21H,4-10H2,1-3H3. The molecule has 3 rings (SSSR count). The zero-order chi connectivity index (χ0) is 15.9. The summed E-state index contributed by atoms with van der Waals surface area (Å²) in [4.78, 5) is 21.1. The molecule has 6 nitrogen and oxygen atoms in total. The lowest BCUT2D eigenvalue weighted by Crippen LogP contribution is -2.55. The Balaban J connectivity index is 1.72. The Kier molecular flexibility index (Phi) is 3.99. The molecule has 3 heterocycles. The van der Waals surface area contributed by atoms with Crippen LogP contribution in [-0.2, 0) is 17.8 Å². The number of fused-ring (bicyclic) bond motifs is 1. The van der Waals surface area contributed by atoms with Crippen molar-refractivity contribution in [2.45, 2.75) is 51.2 Å². The second-order valence-electron chi connectivity index (χ2n) is 6.89. The molecule has 0 atom stereocenters. The van der Waals surface area contributed by atoms with Crippen molar-refractivity contribution in [2.75, 3.05) is 26.7 Å². The molecule has 1 aromatic rings. The van der Waals surface area contributed by atoms with E-state index in [2.05, 4.69) is 9.88 Å². The molecule has 6 heteroatoms. The summed E-state index contributed by atoms with van der Waals surface area (Å²) in [6, 6.07) is 0. The Hall–Kier alpha value is -1.40. The van der Waals surface area contributed by atoms with Crippen LogP contribution < -0.4 is 0 Å². The van der Waals surface area contributed by atoms with Crippen LogP contribution in [0.4, 0.5) is 0 Å². The molecule has 1 saturated heterocycles. The first-order valence-corrected chi connectivity index (χ1v) is 8.08. The molecular weight excluding hydrogens is 282 g/mol. The summed E-state index contributed by atoms with van der Waals surface area (Å²) >= 11 is 0. The number of nitrogens with zero attached hydrogens (tertiary/aromatic N) is 3. The normalized spacial score (nSPS) is 22.0. The zero-order valence-electron chi connectivity index (χ0n) is 13.6. The number of likely N-dealkylation sites (tertiary alicyclic amines) is 1. The molecule has 0 radical (unpaired) electrons. The van der Waals surface area contributed by atoms with Gasteiger partial charge in [0.2, 0.25) is 0 Å². The maximum absolute atomic E-state index is 12.7. The minimum absolute atomic E-state index is 0.152. The van der Waals surface area contributed by atoms with Gasteiger partial charge in [0.25, 0.3) is 5.91 Å². The van der Waals surface area contributed by atoms with Gasteiger partial charge >= 0.3 is 0 Å². The van der Waals surface area contributed by atoms with Gasteiger partial charge in [0, 0.05) is 32.0 Å². The van der Waals surface area contributed by atoms with Crippen LogP contribution >= 0.6 is 0 Å². The largest absolute Gasteiger partial charge is 0.445 e. The summed E-state index contributed by atoms with van der Waals surface area (Å²) in [5, 5.41) is 10.7. The van der Waals surface area contributed by atoms with Gasteiger partial charge in [-0.25, -0.2) is 4.98 Å². The van der Waals surface area contributed by atoms with Crippen molar-refractivity contribution in [2.24, 2.45) is 0 Å². The number of rotatable bonds is 2. The van der Waals surface area contributed by atoms with Crippen molar-refractivity contribution >= 4 is 5.91 Å². The summed E-state index contributed by atoms with van der Waals surface area (Å²) < 4.78 is 5.76. The molecule has 0 aromatic carbocycles. The molecule has 1 aromatic heterocycles. The summed E-state index contributed by atoms with van der Waals surface area (Å²) in [6.45, 7) is 6.63. The maximum Gasteiger partial charge on any atom is 0.255 e. The molecule has 0 unspecified atom stereocenters. The number of amides is 1. The average Bonchev–Trinajstić information content (AvgIpc) is 2.93. The highest BCUT2D eigenvalue weighted by Crippen LogP contribution is 2.28. The van der Waals surface area contributed by atoms with Gasteiger partial charge in [0.1, 0.15) is 17.1 Å².